The summed E-state index contributed by atoms with van der Waals surface area (Å²) in [5, 5.41) is 2.62. The molecule has 2 aromatic carbocycles. The topological polar surface area (TPSA) is 49.4 Å². The van der Waals surface area contributed by atoms with Crippen molar-refractivity contribution in [2.45, 2.75) is 25.1 Å². The predicted molar refractivity (Wildman–Crippen MR) is 102 cm³/mol. The van der Waals surface area contributed by atoms with E-state index in [2.05, 4.69) is 5.32 Å². The molecule has 2 fully saturated rings. The van der Waals surface area contributed by atoms with E-state index in [0.717, 1.165) is 24.0 Å². The van der Waals surface area contributed by atoms with E-state index in [1.807, 2.05) is 31.2 Å². The van der Waals surface area contributed by atoms with Crippen LogP contribution in [0.2, 0.25) is 0 Å². The third-order valence-electron chi connectivity index (χ3n) is 4.62. The van der Waals surface area contributed by atoms with E-state index in [1.54, 1.807) is 12.1 Å². The van der Waals surface area contributed by atoms with Gasteiger partial charge in [-0.15, -0.1) is 11.8 Å². The lowest BCUT2D eigenvalue weighted by molar-refractivity contribution is -0.117. The van der Waals surface area contributed by atoms with Gasteiger partial charge in [-0.05, 0) is 55.2 Å². The van der Waals surface area contributed by atoms with Gasteiger partial charge in [-0.25, -0.2) is 4.39 Å². The lowest BCUT2D eigenvalue weighted by Crippen LogP contribution is -2.28. The standard InChI is InChI=1S/C20H19FN2O2S/c1-12-5-8-16(21)17(9-12)23-18(24)11-26-20(23)14-3-2-4-15(10-14)22-19(25)13-6-7-13/h2-5,8-10,13,20H,6-7,11H2,1H3,(H,22,25)/t20-/m1/s1. The van der Waals surface area contributed by atoms with Gasteiger partial charge in [0.1, 0.15) is 11.2 Å². The van der Waals surface area contributed by atoms with E-state index < -0.39 is 5.82 Å². The SMILES string of the molecule is Cc1ccc(F)c(N2C(=O)CS[C@@H]2c2cccc(NC(=O)C3CC3)c2)c1. The second-order valence-corrected chi connectivity index (χ2v) is 7.84. The summed E-state index contributed by atoms with van der Waals surface area (Å²) in [6, 6.07) is 12.3. The van der Waals surface area contributed by atoms with E-state index in [4.69, 9.17) is 0 Å². The fourth-order valence-electron chi connectivity index (χ4n) is 3.10. The molecular formula is C20H19FN2O2S. The maximum atomic E-state index is 14.4. The Hall–Kier alpha value is -2.34. The van der Waals surface area contributed by atoms with Crippen LogP contribution in [0.15, 0.2) is 42.5 Å². The smallest absolute Gasteiger partial charge is 0.238 e. The van der Waals surface area contributed by atoms with Crippen LogP contribution >= 0.6 is 11.8 Å². The zero-order chi connectivity index (χ0) is 18.3. The molecule has 6 heteroatoms. The van der Waals surface area contributed by atoms with Gasteiger partial charge in [0, 0.05) is 11.6 Å². The minimum atomic E-state index is -0.408. The maximum Gasteiger partial charge on any atom is 0.238 e. The van der Waals surface area contributed by atoms with E-state index >= 15 is 0 Å². The minimum Gasteiger partial charge on any atom is -0.326 e. The summed E-state index contributed by atoms with van der Waals surface area (Å²) in [4.78, 5) is 26.0. The third kappa shape index (κ3) is 3.33. The van der Waals surface area contributed by atoms with Crippen molar-refractivity contribution in [3.63, 3.8) is 0 Å². The number of thioether (sulfide) groups is 1. The van der Waals surface area contributed by atoms with Crippen LogP contribution in [-0.2, 0) is 9.59 Å². The molecule has 4 nitrogen and oxygen atoms in total. The summed E-state index contributed by atoms with van der Waals surface area (Å²) in [5.74, 6) is -0.0547. The van der Waals surface area contributed by atoms with E-state index in [9.17, 15) is 14.0 Å². The fourth-order valence-corrected chi connectivity index (χ4v) is 4.26. The number of nitrogens with one attached hydrogen (secondary N) is 1. The van der Waals surface area contributed by atoms with E-state index in [-0.39, 0.29) is 23.1 Å². The van der Waals surface area contributed by atoms with Crippen molar-refractivity contribution in [3.05, 3.63) is 59.4 Å². The molecule has 134 valence electrons. The van der Waals surface area contributed by atoms with Crippen molar-refractivity contribution in [1.29, 1.82) is 0 Å². The predicted octanol–water partition coefficient (Wildman–Crippen LogP) is 4.26. The highest BCUT2D eigenvalue weighted by Gasteiger charge is 2.36. The van der Waals surface area contributed by atoms with Gasteiger partial charge < -0.3 is 5.32 Å². The lowest BCUT2D eigenvalue weighted by Gasteiger charge is -2.25. The zero-order valence-electron chi connectivity index (χ0n) is 14.4. The molecule has 1 saturated heterocycles. The molecule has 1 aliphatic heterocycles. The van der Waals surface area contributed by atoms with Gasteiger partial charge in [-0.3, -0.25) is 14.5 Å². The molecule has 1 atom stereocenters. The van der Waals surface area contributed by atoms with E-state index in [1.165, 1.54) is 22.7 Å². The maximum absolute atomic E-state index is 14.4. The van der Waals surface area contributed by atoms with Crippen LogP contribution in [0.3, 0.4) is 0 Å². The Bertz CT molecular complexity index is 882. The normalized spacial score (nSPS) is 19.7. The lowest BCUT2D eigenvalue weighted by atomic mass is 10.1. The Balaban J connectivity index is 1.64. The first-order valence-corrected chi connectivity index (χ1v) is 9.68. The largest absolute Gasteiger partial charge is 0.326 e. The highest BCUT2D eigenvalue weighted by Crippen LogP contribution is 2.43. The van der Waals surface area contributed by atoms with Gasteiger partial charge >= 0.3 is 0 Å². The summed E-state index contributed by atoms with van der Waals surface area (Å²) in [5.41, 5.74) is 2.78. The van der Waals surface area contributed by atoms with Crippen LogP contribution in [0.25, 0.3) is 0 Å². The molecule has 0 radical (unpaired) electrons. The highest BCUT2D eigenvalue weighted by atomic mass is 32.2. The number of anilines is 2. The summed E-state index contributed by atoms with van der Waals surface area (Å²) in [7, 11) is 0. The molecule has 2 aromatic rings. The van der Waals surface area contributed by atoms with E-state index in [0.29, 0.717) is 17.1 Å². The minimum absolute atomic E-state index is 0.0406. The molecule has 2 amide bonds. The number of amides is 2. The fraction of sp³-hybridized carbons (Fsp3) is 0.300. The zero-order valence-corrected chi connectivity index (χ0v) is 15.2. The van der Waals surface area contributed by atoms with Crippen molar-refractivity contribution < 1.29 is 14.0 Å². The van der Waals surface area contributed by atoms with Gasteiger partial charge in [0.2, 0.25) is 11.8 Å². The van der Waals surface area contributed by atoms with Crippen molar-refractivity contribution in [2.75, 3.05) is 16.0 Å². The molecule has 1 aliphatic carbocycles. The molecule has 26 heavy (non-hydrogen) atoms. The van der Waals surface area contributed by atoms with Gasteiger partial charge in [0.25, 0.3) is 0 Å². The quantitative estimate of drug-likeness (QED) is 0.875. The third-order valence-corrected chi connectivity index (χ3v) is 5.83. The average molecular weight is 370 g/mol. The Morgan fingerprint density at radius 3 is 2.81 bits per heavy atom. The van der Waals surface area contributed by atoms with Gasteiger partial charge in [0.15, 0.2) is 0 Å². The number of nitrogens with zero attached hydrogens (tertiary/aromatic N) is 1. The van der Waals surface area contributed by atoms with Crippen LogP contribution in [0.5, 0.6) is 0 Å². The second-order valence-electron chi connectivity index (χ2n) is 6.77. The molecule has 1 heterocycles. The van der Waals surface area contributed by atoms with Crippen molar-refractivity contribution in [2.24, 2.45) is 5.92 Å². The Morgan fingerprint density at radius 1 is 1.23 bits per heavy atom. The summed E-state index contributed by atoms with van der Waals surface area (Å²) < 4.78 is 14.4. The van der Waals surface area contributed by atoms with Crippen LogP contribution in [0.1, 0.15) is 29.3 Å². The molecule has 1 saturated carbocycles. The van der Waals surface area contributed by atoms with Crippen LogP contribution in [0.4, 0.5) is 15.8 Å². The Labute approximate surface area is 155 Å². The number of halogens is 1. The second kappa shape index (κ2) is 6.76. The van der Waals surface area contributed by atoms with Crippen LogP contribution in [0, 0.1) is 18.7 Å². The van der Waals surface area contributed by atoms with Crippen molar-refractivity contribution in [3.8, 4) is 0 Å². The molecule has 0 bridgehead atoms. The number of aryl methyl sites for hydroxylation is 1. The van der Waals surface area contributed by atoms with Crippen LogP contribution < -0.4 is 10.2 Å². The Kier molecular flexibility index (Phi) is 4.44. The molecule has 0 aromatic heterocycles. The van der Waals surface area contributed by atoms with Gasteiger partial charge in [0.05, 0.1) is 11.4 Å². The number of carbonyl (C=O) groups is 2. The number of hydrogen-bond acceptors (Lipinski definition) is 3. The first-order valence-electron chi connectivity index (χ1n) is 8.63. The molecule has 2 aliphatic rings. The van der Waals surface area contributed by atoms with Crippen LogP contribution in [-0.4, -0.2) is 17.6 Å². The highest BCUT2D eigenvalue weighted by molar-refractivity contribution is 8.00. The average Bonchev–Trinajstić information content (AvgIpc) is 3.40. The molecule has 4 rings (SSSR count). The van der Waals surface area contributed by atoms with Crippen molar-refractivity contribution in [1.82, 2.24) is 0 Å². The molecule has 0 spiro atoms. The molecule has 1 N–H and O–H groups in total. The summed E-state index contributed by atoms with van der Waals surface area (Å²) in [6.45, 7) is 1.87. The number of rotatable bonds is 4. The van der Waals surface area contributed by atoms with Gasteiger partial charge in [-0.2, -0.15) is 0 Å². The monoisotopic (exact) mass is 370 g/mol. The molecular weight excluding hydrogens is 351 g/mol. The molecule has 0 unspecified atom stereocenters. The number of benzene rings is 2. The van der Waals surface area contributed by atoms with Gasteiger partial charge in [-0.1, -0.05) is 18.2 Å². The first-order chi connectivity index (χ1) is 12.5. The summed E-state index contributed by atoms with van der Waals surface area (Å²) in [6.07, 6.45) is 1.89. The first kappa shape index (κ1) is 17.1. The summed E-state index contributed by atoms with van der Waals surface area (Å²) >= 11 is 1.46. The Morgan fingerprint density at radius 2 is 2.04 bits per heavy atom. The van der Waals surface area contributed by atoms with Crippen molar-refractivity contribution >= 4 is 35.0 Å². The number of hydrogen-bond donors (Lipinski definition) is 1. The number of carbonyl (C=O) groups excluding carboxylic acids is 2.